The van der Waals surface area contributed by atoms with E-state index in [0.29, 0.717) is 22.6 Å². The van der Waals surface area contributed by atoms with Gasteiger partial charge >= 0.3 is 6.09 Å². The first kappa shape index (κ1) is 24.9. The number of alkyl carbamates (subject to hydrolysis) is 1. The van der Waals surface area contributed by atoms with E-state index in [4.69, 9.17) is 14.0 Å². The van der Waals surface area contributed by atoms with Gasteiger partial charge in [-0.2, -0.15) is 8.42 Å². The van der Waals surface area contributed by atoms with E-state index in [0.717, 1.165) is 5.56 Å². The molecule has 34 heavy (non-hydrogen) atoms. The number of carbonyl (C=O) groups is 2. The van der Waals surface area contributed by atoms with E-state index in [1.807, 2.05) is 61.5 Å². The van der Waals surface area contributed by atoms with Crippen LogP contribution in [0.25, 0.3) is 0 Å². The molecule has 1 amide bonds. The van der Waals surface area contributed by atoms with Gasteiger partial charge in [0, 0.05) is 18.0 Å². The van der Waals surface area contributed by atoms with Gasteiger partial charge in [0.05, 0.1) is 5.75 Å². The zero-order valence-corrected chi connectivity index (χ0v) is 19.3. The van der Waals surface area contributed by atoms with Crippen LogP contribution in [-0.2, 0) is 21.5 Å². The second kappa shape index (κ2) is 11.4. The van der Waals surface area contributed by atoms with Gasteiger partial charge in [-0.25, -0.2) is 4.79 Å². The van der Waals surface area contributed by atoms with Gasteiger partial charge in [-0.15, -0.1) is 0 Å². The summed E-state index contributed by atoms with van der Waals surface area (Å²) in [4.78, 5) is 24.6. The lowest BCUT2D eigenvalue weighted by atomic mass is 9.92. The summed E-state index contributed by atoms with van der Waals surface area (Å²) in [6, 6.07) is 23.5. The largest absolute Gasteiger partial charge is 0.457 e. The average Bonchev–Trinajstić information content (AvgIpc) is 2.82. The van der Waals surface area contributed by atoms with Crippen LogP contribution in [0.4, 0.5) is 4.79 Å². The molecule has 2 N–H and O–H groups in total. The number of para-hydroxylation sites is 1. The van der Waals surface area contributed by atoms with E-state index in [-0.39, 0.29) is 18.9 Å². The molecule has 0 bridgehead atoms. The van der Waals surface area contributed by atoms with Crippen molar-refractivity contribution < 1.29 is 32.0 Å². The Labute approximate surface area is 198 Å². The first-order valence-electron chi connectivity index (χ1n) is 10.5. The Kier molecular flexibility index (Phi) is 8.39. The first-order valence-corrected chi connectivity index (χ1v) is 12.1. The number of benzene rings is 3. The molecule has 3 aromatic carbocycles. The van der Waals surface area contributed by atoms with Gasteiger partial charge in [0.15, 0.2) is 5.78 Å². The molecule has 0 saturated carbocycles. The zero-order chi connectivity index (χ0) is 24.6. The number of ketones is 1. The van der Waals surface area contributed by atoms with Crippen LogP contribution in [0, 0.1) is 0 Å². The van der Waals surface area contributed by atoms with Crippen LogP contribution in [0.1, 0.15) is 34.3 Å². The number of Topliss-reactive ketones (excluding diaryl/α,β-unsaturated/α-hetero) is 1. The molecule has 0 fully saturated rings. The van der Waals surface area contributed by atoms with Crippen molar-refractivity contribution in [2.45, 2.75) is 19.4 Å². The third kappa shape index (κ3) is 7.72. The normalized spacial score (nSPS) is 11.9. The molecule has 0 radical (unpaired) electrons. The number of hydrogen-bond donors (Lipinski definition) is 2. The van der Waals surface area contributed by atoms with Gasteiger partial charge in [-0.05, 0) is 35.4 Å². The molecular weight excluding hydrogens is 458 g/mol. The summed E-state index contributed by atoms with van der Waals surface area (Å²) in [6.45, 7) is 1.51. The van der Waals surface area contributed by atoms with Gasteiger partial charge in [-0.3, -0.25) is 9.35 Å². The van der Waals surface area contributed by atoms with E-state index >= 15 is 0 Å². The average molecular weight is 484 g/mol. The monoisotopic (exact) mass is 483 g/mol. The summed E-state index contributed by atoms with van der Waals surface area (Å²) >= 11 is 0. The Morgan fingerprint density at radius 1 is 0.941 bits per heavy atom. The molecule has 1 atom stereocenters. The highest BCUT2D eigenvalue weighted by molar-refractivity contribution is 7.85. The zero-order valence-electron chi connectivity index (χ0n) is 18.5. The molecule has 8 nitrogen and oxygen atoms in total. The van der Waals surface area contributed by atoms with Gasteiger partial charge in [0.2, 0.25) is 0 Å². The molecule has 0 spiro atoms. The minimum absolute atomic E-state index is 0.0550. The smallest absolute Gasteiger partial charge is 0.407 e. The Bertz CT molecular complexity index is 1230. The topological polar surface area (TPSA) is 119 Å². The molecule has 0 aromatic heterocycles. The maximum atomic E-state index is 13.0. The second-order valence-electron chi connectivity index (χ2n) is 7.56. The van der Waals surface area contributed by atoms with Crippen molar-refractivity contribution >= 4 is 22.0 Å². The standard InChI is InChI=1S/C25H25NO7S/c1-18(21-6-5-9-23(16-21)33-22-7-3-2-4-8-22)24(27)20-12-10-19(11-13-20)17-32-25(28)26-14-15-34(29,30)31/h2-13,16,18H,14-15,17H2,1H3,(H,26,28)(H,29,30,31)/t18-/m1/s1. The van der Waals surface area contributed by atoms with Crippen LogP contribution in [0.2, 0.25) is 0 Å². The van der Waals surface area contributed by atoms with Gasteiger partial charge < -0.3 is 14.8 Å². The fourth-order valence-corrected chi connectivity index (χ4v) is 3.48. The molecule has 3 rings (SSSR count). The fraction of sp³-hybridized carbons (Fsp3) is 0.200. The van der Waals surface area contributed by atoms with Crippen LogP contribution >= 0.6 is 0 Å². The summed E-state index contributed by atoms with van der Waals surface area (Å²) < 4.78 is 40.8. The minimum atomic E-state index is -4.15. The van der Waals surface area contributed by atoms with Crippen molar-refractivity contribution in [3.63, 3.8) is 0 Å². The molecule has 0 saturated heterocycles. The van der Waals surface area contributed by atoms with Crippen molar-refractivity contribution in [2.75, 3.05) is 12.3 Å². The van der Waals surface area contributed by atoms with E-state index < -0.39 is 27.9 Å². The van der Waals surface area contributed by atoms with Crippen molar-refractivity contribution in [1.82, 2.24) is 5.32 Å². The molecule has 0 aliphatic carbocycles. The highest BCUT2D eigenvalue weighted by Crippen LogP contribution is 2.27. The van der Waals surface area contributed by atoms with Crippen molar-refractivity contribution in [1.29, 1.82) is 0 Å². The van der Waals surface area contributed by atoms with Gasteiger partial charge in [-0.1, -0.05) is 61.5 Å². The molecule has 3 aromatic rings. The quantitative estimate of drug-likeness (QED) is 0.320. The number of carbonyl (C=O) groups excluding carboxylic acids is 2. The number of rotatable bonds is 10. The fourth-order valence-electron chi connectivity index (χ4n) is 3.12. The van der Waals surface area contributed by atoms with Crippen molar-refractivity contribution in [3.8, 4) is 11.5 Å². The Hall–Kier alpha value is -3.69. The summed E-state index contributed by atoms with van der Waals surface area (Å²) in [5.41, 5.74) is 2.00. The summed E-state index contributed by atoms with van der Waals surface area (Å²) in [6.07, 6.45) is -0.810. The summed E-state index contributed by atoms with van der Waals surface area (Å²) in [5, 5.41) is 2.23. The predicted molar refractivity (Wildman–Crippen MR) is 127 cm³/mol. The maximum Gasteiger partial charge on any atom is 0.407 e. The van der Waals surface area contributed by atoms with E-state index in [9.17, 15) is 18.0 Å². The molecule has 9 heteroatoms. The second-order valence-corrected chi connectivity index (χ2v) is 9.13. The van der Waals surface area contributed by atoms with E-state index in [1.165, 1.54) is 0 Å². The third-order valence-corrected chi connectivity index (χ3v) is 5.69. The van der Waals surface area contributed by atoms with E-state index in [1.54, 1.807) is 24.3 Å². The molecule has 178 valence electrons. The van der Waals surface area contributed by atoms with E-state index in [2.05, 4.69) is 5.32 Å². The van der Waals surface area contributed by atoms with Crippen LogP contribution in [-0.4, -0.2) is 37.1 Å². The van der Waals surface area contributed by atoms with Crippen LogP contribution in [0.15, 0.2) is 78.9 Å². The van der Waals surface area contributed by atoms with Crippen molar-refractivity contribution in [3.05, 3.63) is 95.6 Å². The molecule has 0 unspecified atom stereocenters. The lowest BCUT2D eigenvalue weighted by Crippen LogP contribution is -2.29. The highest BCUT2D eigenvalue weighted by Gasteiger charge is 2.18. The lowest BCUT2D eigenvalue weighted by Gasteiger charge is -2.13. The molecule has 0 heterocycles. The van der Waals surface area contributed by atoms with Crippen molar-refractivity contribution in [2.24, 2.45) is 0 Å². The van der Waals surface area contributed by atoms with Crippen LogP contribution in [0.3, 0.4) is 0 Å². The Morgan fingerprint density at radius 3 is 2.29 bits per heavy atom. The van der Waals surface area contributed by atoms with Crippen LogP contribution < -0.4 is 10.1 Å². The van der Waals surface area contributed by atoms with Crippen LogP contribution in [0.5, 0.6) is 11.5 Å². The highest BCUT2D eigenvalue weighted by atomic mass is 32.2. The Balaban J connectivity index is 1.55. The molecule has 0 aliphatic rings. The molecule has 0 aliphatic heterocycles. The SMILES string of the molecule is C[C@@H](C(=O)c1ccc(COC(=O)NCCS(=O)(=O)O)cc1)c1cccc(Oc2ccccc2)c1. The number of hydrogen-bond acceptors (Lipinski definition) is 6. The summed E-state index contributed by atoms with van der Waals surface area (Å²) in [5.74, 6) is 0.301. The third-order valence-electron chi connectivity index (χ3n) is 4.97. The number of ether oxygens (including phenoxy) is 2. The maximum absolute atomic E-state index is 13.0. The molecular formula is C25H25NO7S. The number of amides is 1. The minimum Gasteiger partial charge on any atom is -0.457 e. The lowest BCUT2D eigenvalue weighted by molar-refractivity contribution is 0.0965. The summed E-state index contributed by atoms with van der Waals surface area (Å²) in [7, 11) is -4.15. The van der Waals surface area contributed by atoms with Gasteiger partial charge in [0.25, 0.3) is 10.1 Å². The first-order chi connectivity index (χ1) is 16.2. The predicted octanol–water partition coefficient (Wildman–Crippen LogP) is 4.58. The Morgan fingerprint density at radius 2 is 1.62 bits per heavy atom. The number of nitrogens with one attached hydrogen (secondary N) is 1. The van der Waals surface area contributed by atoms with Gasteiger partial charge in [0.1, 0.15) is 18.1 Å².